The molecule has 0 bridgehead atoms. The van der Waals surface area contributed by atoms with Crippen molar-refractivity contribution in [2.75, 3.05) is 0 Å². The van der Waals surface area contributed by atoms with Crippen LogP contribution in [0.5, 0.6) is 0 Å². The number of esters is 1. The number of carbonyl (C=O) groups excluding carboxylic acids is 3. The molecule has 0 fully saturated rings. The number of ketones is 2. The van der Waals surface area contributed by atoms with Crippen LogP contribution in [-0.4, -0.2) is 34.7 Å². The lowest BCUT2D eigenvalue weighted by atomic mass is 9.97. The zero-order chi connectivity index (χ0) is 18.9. The highest BCUT2D eigenvalue weighted by Crippen LogP contribution is 2.18. The Morgan fingerprint density at radius 3 is 1.83 bits per heavy atom. The van der Waals surface area contributed by atoms with Crippen LogP contribution in [0.15, 0.2) is 0 Å². The van der Waals surface area contributed by atoms with Gasteiger partial charge in [-0.3, -0.25) is 9.59 Å². The van der Waals surface area contributed by atoms with Crippen molar-refractivity contribution in [2.45, 2.75) is 72.8 Å². The first-order valence-electron chi connectivity index (χ1n) is 8.52. The van der Waals surface area contributed by atoms with Gasteiger partial charge in [-0.1, -0.05) is 34.6 Å². The van der Waals surface area contributed by atoms with Crippen molar-refractivity contribution in [3.05, 3.63) is 0 Å². The van der Waals surface area contributed by atoms with Crippen molar-refractivity contribution in [1.29, 1.82) is 0 Å². The van der Waals surface area contributed by atoms with Crippen LogP contribution in [0.3, 0.4) is 0 Å². The predicted octanol–water partition coefficient (Wildman–Crippen LogP) is 3.02. The summed E-state index contributed by atoms with van der Waals surface area (Å²) in [4.78, 5) is 45.5. The first kappa shape index (κ1) is 22.3. The molecule has 0 aromatic heterocycles. The van der Waals surface area contributed by atoms with E-state index in [2.05, 4.69) is 13.8 Å². The van der Waals surface area contributed by atoms with Crippen LogP contribution in [0.4, 0.5) is 0 Å². The molecule has 0 radical (unpaired) electrons. The van der Waals surface area contributed by atoms with Crippen molar-refractivity contribution in [3.8, 4) is 0 Å². The number of hydrogen-bond donors (Lipinski definition) is 1. The van der Waals surface area contributed by atoms with Crippen molar-refractivity contribution in [3.63, 3.8) is 0 Å². The van der Waals surface area contributed by atoms with Gasteiger partial charge in [-0.2, -0.15) is 0 Å². The molecular formula is C18H30O6. The molecule has 0 spiro atoms. The Labute approximate surface area is 143 Å². The van der Waals surface area contributed by atoms with Crippen LogP contribution in [-0.2, 0) is 23.9 Å². The van der Waals surface area contributed by atoms with Gasteiger partial charge in [0, 0.05) is 12.8 Å². The van der Waals surface area contributed by atoms with Crippen LogP contribution in [0, 0.1) is 17.8 Å². The van der Waals surface area contributed by atoms with Gasteiger partial charge in [0.1, 0.15) is 6.10 Å². The van der Waals surface area contributed by atoms with Crippen molar-refractivity contribution >= 4 is 23.5 Å². The Kier molecular flexibility index (Phi) is 10.2. The molecule has 0 aliphatic carbocycles. The van der Waals surface area contributed by atoms with E-state index in [1.165, 1.54) is 0 Å². The molecule has 6 heteroatoms. The first-order valence-corrected chi connectivity index (χ1v) is 8.52. The fraction of sp³-hybridized carbons (Fsp3) is 0.778. The van der Waals surface area contributed by atoms with E-state index in [0.29, 0.717) is 24.7 Å². The van der Waals surface area contributed by atoms with Gasteiger partial charge >= 0.3 is 11.9 Å². The number of carboxylic acids is 1. The summed E-state index contributed by atoms with van der Waals surface area (Å²) in [5.74, 6) is -3.76. The van der Waals surface area contributed by atoms with Crippen LogP contribution < -0.4 is 0 Å². The van der Waals surface area contributed by atoms with Gasteiger partial charge in [0.15, 0.2) is 0 Å². The van der Waals surface area contributed by atoms with Crippen LogP contribution in [0.1, 0.15) is 66.7 Å². The summed E-state index contributed by atoms with van der Waals surface area (Å²) in [6.07, 6.45) is 1.57. The second-order valence-corrected chi connectivity index (χ2v) is 7.29. The SMILES string of the molecule is CC(C)CCC(CC(C)C)OC(=O)C(=O)CC(C)CC(=O)C(=O)O. The van der Waals surface area contributed by atoms with Crippen molar-refractivity contribution < 1.29 is 29.0 Å². The Bertz CT molecular complexity index is 452. The van der Waals surface area contributed by atoms with E-state index in [0.717, 1.165) is 6.42 Å². The van der Waals surface area contributed by atoms with Gasteiger partial charge in [0.2, 0.25) is 11.6 Å². The van der Waals surface area contributed by atoms with Gasteiger partial charge in [0.25, 0.3) is 0 Å². The average Bonchev–Trinajstić information content (AvgIpc) is 2.43. The van der Waals surface area contributed by atoms with E-state index in [-0.39, 0.29) is 18.9 Å². The summed E-state index contributed by atoms with van der Waals surface area (Å²) in [6, 6.07) is 0. The summed E-state index contributed by atoms with van der Waals surface area (Å²) < 4.78 is 5.34. The Morgan fingerprint density at radius 1 is 0.833 bits per heavy atom. The van der Waals surface area contributed by atoms with E-state index < -0.39 is 29.4 Å². The highest BCUT2D eigenvalue weighted by atomic mass is 16.5. The third kappa shape index (κ3) is 10.1. The topological polar surface area (TPSA) is 97.7 Å². The number of aliphatic carboxylic acids is 1. The summed E-state index contributed by atoms with van der Waals surface area (Å²) in [5, 5.41) is 8.55. The van der Waals surface area contributed by atoms with Crippen LogP contribution >= 0.6 is 0 Å². The van der Waals surface area contributed by atoms with Gasteiger partial charge in [-0.25, -0.2) is 9.59 Å². The maximum atomic E-state index is 12.0. The van der Waals surface area contributed by atoms with Crippen LogP contribution in [0.2, 0.25) is 0 Å². The fourth-order valence-electron chi connectivity index (χ4n) is 2.36. The average molecular weight is 342 g/mol. The number of carboxylic acid groups (broad SMARTS) is 1. The van der Waals surface area contributed by atoms with Crippen molar-refractivity contribution in [2.24, 2.45) is 17.8 Å². The lowest BCUT2D eigenvalue weighted by Crippen LogP contribution is -2.27. The summed E-state index contributed by atoms with van der Waals surface area (Å²) in [5.41, 5.74) is 0. The molecule has 6 nitrogen and oxygen atoms in total. The lowest BCUT2D eigenvalue weighted by Gasteiger charge is -2.20. The normalized spacial score (nSPS) is 13.6. The zero-order valence-electron chi connectivity index (χ0n) is 15.3. The fourth-order valence-corrected chi connectivity index (χ4v) is 2.36. The number of Topliss-reactive ketones (excluding diaryl/α,β-unsaturated/α-hetero) is 2. The third-order valence-electron chi connectivity index (χ3n) is 3.61. The molecule has 1 N–H and O–H groups in total. The lowest BCUT2D eigenvalue weighted by molar-refractivity contribution is -0.159. The van der Waals surface area contributed by atoms with Gasteiger partial charge in [0.05, 0.1) is 0 Å². The molecule has 0 aliphatic rings. The minimum atomic E-state index is -1.53. The molecule has 0 rings (SSSR count). The van der Waals surface area contributed by atoms with Crippen LogP contribution in [0.25, 0.3) is 0 Å². The zero-order valence-corrected chi connectivity index (χ0v) is 15.3. The maximum absolute atomic E-state index is 12.0. The molecule has 0 aromatic rings. The number of rotatable bonds is 12. The second-order valence-electron chi connectivity index (χ2n) is 7.29. The molecule has 0 aromatic carbocycles. The molecule has 0 saturated heterocycles. The molecule has 24 heavy (non-hydrogen) atoms. The number of ether oxygens (including phenoxy) is 1. The van der Waals surface area contributed by atoms with E-state index in [4.69, 9.17) is 9.84 Å². The first-order chi connectivity index (χ1) is 11.0. The molecule has 2 atom stereocenters. The maximum Gasteiger partial charge on any atom is 0.374 e. The summed E-state index contributed by atoms with van der Waals surface area (Å²) >= 11 is 0. The van der Waals surface area contributed by atoms with E-state index >= 15 is 0 Å². The molecule has 0 saturated carbocycles. The molecular weight excluding hydrogens is 312 g/mol. The largest absolute Gasteiger partial charge is 0.476 e. The molecule has 0 heterocycles. The van der Waals surface area contributed by atoms with Gasteiger partial charge < -0.3 is 9.84 Å². The predicted molar refractivity (Wildman–Crippen MR) is 89.5 cm³/mol. The standard InChI is InChI=1S/C18H30O6/c1-11(2)6-7-14(8-12(3)4)24-18(23)16(20)10-13(5)9-15(19)17(21)22/h11-14H,6-10H2,1-5H3,(H,21,22). The molecule has 0 aliphatic heterocycles. The Balaban J connectivity index is 4.53. The van der Waals surface area contributed by atoms with E-state index in [1.807, 2.05) is 13.8 Å². The highest BCUT2D eigenvalue weighted by Gasteiger charge is 2.25. The number of hydrogen-bond acceptors (Lipinski definition) is 5. The summed E-state index contributed by atoms with van der Waals surface area (Å²) in [7, 11) is 0. The van der Waals surface area contributed by atoms with E-state index in [1.54, 1.807) is 6.92 Å². The molecule has 138 valence electrons. The molecule has 0 amide bonds. The smallest absolute Gasteiger partial charge is 0.374 e. The Morgan fingerprint density at radius 2 is 1.38 bits per heavy atom. The van der Waals surface area contributed by atoms with Crippen molar-refractivity contribution in [1.82, 2.24) is 0 Å². The second kappa shape index (κ2) is 10.9. The minimum Gasteiger partial charge on any atom is -0.476 e. The monoisotopic (exact) mass is 342 g/mol. The highest BCUT2D eigenvalue weighted by molar-refractivity contribution is 6.34. The van der Waals surface area contributed by atoms with E-state index in [9.17, 15) is 19.2 Å². The Hall–Kier alpha value is -1.72. The summed E-state index contributed by atoms with van der Waals surface area (Å²) in [6.45, 7) is 9.78. The third-order valence-corrected chi connectivity index (χ3v) is 3.61. The van der Waals surface area contributed by atoms with Gasteiger partial charge in [-0.15, -0.1) is 0 Å². The minimum absolute atomic E-state index is 0.184. The quantitative estimate of drug-likeness (QED) is 0.432. The number of carbonyl (C=O) groups is 4. The molecule has 2 unspecified atom stereocenters. The van der Waals surface area contributed by atoms with Gasteiger partial charge in [-0.05, 0) is 37.0 Å².